The Morgan fingerprint density at radius 2 is 1.61 bits per heavy atom. The largest absolute Gasteiger partial charge is 0.465 e. The van der Waals surface area contributed by atoms with Crippen molar-refractivity contribution in [1.82, 2.24) is 4.98 Å². The van der Waals surface area contributed by atoms with Crippen molar-refractivity contribution in [3.05, 3.63) is 84.1 Å². The Balaban J connectivity index is 1.27. The van der Waals surface area contributed by atoms with Gasteiger partial charge in [0.1, 0.15) is 29.9 Å². The van der Waals surface area contributed by atoms with Crippen LogP contribution in [-0.4, -0.2) is 41.5 Å². The normalized spacial score (nSPS) is 12.9. The summed E-state index contributed by atoms with van der Waals surface area (Å²) in [6.45, 7) is 6.28. The van der Waals surface area contributed by atoms with Crippen molar-refractivity contribution in [3.63, 3.8) is 0 Å². The lowest BCUT2D eigenvalue weighted by molar-refractivity contribution is -0.146. The molecule has 0 bridgehead atoms. The summed E-state index contributed by atoms with van der Waals surface area (Å²) in [4.78, 5) is 29.6. The molecule has 1 atom stereocenters. The molecule has 0 fully saturated rings. The van der Waals surface area contributed by atoms with Crippen LogP contribution in [0.5, 0.6) is 0 Å². The first-order valence-corrected chi connectivity index (χ1v) is 16.0. The van der Waals surface area contributed by atoms with Crippen molar-refractivity contribution in [1.29, 1.82) is 0 Å². The van der Waals surface area contributed by atoms with Crippen molar-refractivity contribution in [2.24, 2.45) is 5.92 Å². The Labute approximate surface area is 250 Å². The number of hydrogen-bond acceptors (Lipinski definition) is 8. The van der Waals surface area contributed by atoms with Crippen LogP contribution < -0.4 is 0 Å². The van der Waals surface area contributed by atoms with Gasteiger partial charge in [-0.3, -0.25) is 9.59 Å². The third-order valence-corrected chi connectivity index (χ3v) is 8.54. The van der Waals surface area contributed by atoms with Crippen molar-refractivity contribution < 1.29 is 23.8 Å². The van der Waals surface area contributed by atoms with Gasteiger partial charge in [-0.2, -0.15) is 0 Å². The number of hydrogen-bond donors (Lipinski definition) is 0. The molecule has 1 aliphatic carbocycles. The second-order valence-electron chi connectivity index (χ2n) is 10.6. The van der Waals surface area contributed by atoms with E-state index in [0.717, 1.165) is 16.2 Å². The van der Waals surface area contributed by atoms with Crippen molar-refractivity contribution in [2.75, 3.05) is 19.0 Å². The van der Waals surface area contributed by atoms with Gasteiger partial charge in [0, 0.05) is 30.2 Å². The van der Waals surface area contributed by atoms with Crippen LogP contribution in [0.3, 0.4) is 0 Å². The zero-order chi connectivity index (χ0) is 29.1. The van der Waals surface area contributed by atoms with Crippen LogP contribution in [0.25, 0.3) is 11.1 Å². The van der Waals surface area contributed by atoms with Crippen molar-refractivity contribution in [3.8, 4) is 23.2 Å². The number of rotatable bonds is 12. The van der Waals surface area contributed by atoms with Gasteiger partial charge in [0.05, 0.1) is 6.42 Å². The fourth-order valence-electron chi connectivity index (χ4n) is 4.42. The highest BCUT2D eigenvalue weighted by Crippen LogP contribution is 2.44. The molecule has 0 radical (unpaired) electrons. The first-order valence-electron chi connectivity index (χ1n) is 13.7. The van der Waals surface area contributed by atoms with Crippen LogP contribution in [0, 0.1) is 17.9 Å². The number of fused-ring (bicyclic) bond motifs is 3. The quantitative estimate of drug-likeness (QED) is 0.0944. The lowest BCUT2D eigenvalue weighted by Crippen LogP contribution is -2.18. The van der Waals surface area contributed by atoms with Gasteiger partial charge in [0.2, 0.25) is 0 Å². The Morgan fingerprint density at radius 3 is 2.27 bits per heavy atom. The first kappa shape index (κ1) is 30.5. The summed E-state index contributed by atoms with van der Waals surface area (Å²) in [5, 5.41) is 0.913. The molecule has 0 saturated carbocycles. The van der Waals surface area contributed by atoms with Crippen LogP contribution in [-0.2, 0) is 23.8 Å². The molecule has 0 aliphatic heterocycles. The van der Waals surface area contributed by atoms with Gasteiger partial charge >= 0.3 is 11.9 Å². The third-order valence-electron chi connectivity index (χ3n) is 6.32. The molecule has 1 unspecified atom stereocenters. The molecule has 0 saturated heterocycles. The summed E-state index contributed by atoms with van der Waals surface area (Å²) in [6, 6.07) is 22.2. The summed E-state index contributed by atoms with van der Waals surface area (Å²) >= 11 is 0. The lowest BCUT2D eigenvalue weighted by atomic mass is 9.98. The van der Waals surface area contributed by atoms with Crippen LogP contribution in [0.4, 0.5) is 0 Å². The highest BCUT2D eigenvalue weighted by molar-refractivity contribution is 8.76. The van der Waals surface area contributed by atoms with Gasteiger partial charge in [-0.1, -0.05) is 71.3 Å². The predicted molar refractivity (Wildman–Crippen MR) is 164 cm³/mol. The average Bonchev–Trinajstić information content (AvgIpc) is 3.28. The lowest BCUT2D eigenvalue weighted by Gasteiger charge is -2.16. The summed E-state index contributed by atoms with van der Waals surface area (Å²) < 4.78 is 16.7. The minimum Gasteiger partial charge on any atom is -0.465 e. The molecular formula is C33H35NO5S2. The molecule has 41 heavy (non-hydrogen) atoms. The Hall–Kier alpha value is -3.41. The van der Waals surface area contributed by atoms with Crippen molar-refractivity contribution in [2.45, 2.75) is 56.6 Å². The predicted octanol–water partition coefficient (Wildman–Crippen LogP) is 7.28. The molecule has 6 nitrogen and oxygen atoms in total. The van der Waals surface area contributed by atoms with E-state index in [0.29, 0.717) is 18.8 Å². The van der Waals surface area contributed by atoms with Crippen LogP contribution in [0.15, 0.2) is 78.0 Å². The molecule has 0 N–H and O–H groups in total. The Bertz CT molecular complexity index is 1330. The standard InChI is InChI=1S/C33H35NO5S2/c1-33(2,3)39-19-17-24(15-16-31(35)37-20-21-40-41-30-14-8-9-18-34-30)22-32(36)38-23-29-27-12-6-4-10-25(27)26-11-5-7-13-28(26)29/h4-14,18,24,29H,15-16,20-23H2,1-3H3. The summed E-state index contributed by atoms with van der Waals surface area (Å²) in [7, 11) is 3.12. The minimum absolute atomic E-state index is 0.0104. The van der Waals surface area contributed by atoms with Crippen LogP contribution >= 0.6 is 21.6 Å². The minimum atomic E-state index is -0.439. The fourth-order valence-corrected chi connectivity index (χ4v) is 6.12. The van der Waals surface area contributed by atoms with E-state index in [1.54, 1.807) is 27.8 Å². The summed E-state index contributed by atoms with van der Waals surface area (Å²) in [5.41, 5.74) is 4.25. The van der Waals surface area contributed by atoms with Gasteiger partial charge < -0.3 is 14.2 Å². The molecule has 8 heteroatoms. The van der Waals surface area contributed by atoms with Gasteiger partial charge in [-0.25, -0.2) is 4.98 Å². The second-order valence-corrected chi connectivity index (χ2v) is 13.0. The fraction of sp³-hybridized carbons (Fsp3) is 0.364. The van der Waals surface area contributed by atoms with Crippen molar-refractivity contribution >= 4 is 33.5 Å². The highest BCUT2D eigenvalue weighted by atomic mass is 33.1. The van der Waals surface area contributed by atoms with E-state index < -0.39 is 11.5 Å². The Kier molecular flexibility index (Phi) is 11.2. The number of carbonyl (C=O) groups excluding carboxylic acids is 2. The number of nitrogens with zero attached hydrogens (tertiary/aromatic N) is 1. The molecule has 1 heterocycles. The maximum atomic E-state index is 12.9. The molecule has 214 valence electrons. The number of carbonyl (C=O) groups is 2. The average molecular weight is 590 g/mol. The summed E-state index contributed by atoms with van der Waals surface area (Å²) in [6.07, 6.45) is 5.08. The van der Waals surface area contributed by atoms with Crippen LogP contribution in [0.2, 0.25) is 0 Å². The molecule has 3 aromatic rings. The van der Waals surface area contributed by atoms with Gasteiger partial charge in [-0.05, 0) is 72.4 Å². The number of esters is 2. The van der Waals surface area contributed by atoms with Gasteiger partial charge in [-0.15, -0.1) is 0 Å². The molecule has 4 rings (SSSR count). The maximum absolute atomic E-state index is 12.9. The molecular weight excluding hydrogens is 554 g/mol. The molecule has 1 aliphatic rings. The topological polar surface area (TPSA) is 74.7 Å². The van der Waals surface area contributed by atoms with E-state index in [2.05, 4.69) is 41.3 Å². The number of benzene rings is 2. The van der Waals surface area contributed by atoms with E-state index in [9.17, 15) is 9.59 Å². The molecule has 2 aromatic carbocycles. The van der Waals surface area contributed by atoms with E-state index in [1.165, 1.54) is 11.1 Å². The molecule has 1 aromatic heterocycles. The summed E-state index contributed by atoms with van der Waals surface area (Å²) in [5.74, 6) is 2.60. The Morgan fingerprint density at radius 1 is 0.927 bits per heavy atom. The first-order chi connectivity index (χ1) is 19.8. The van der Waals surface area contributed by atoms with E-state index in [1.807, 2.05) is 63.2 Å². The highest BCUT2D eigenvalue weighted by Gasteiger charge is 2.29. The van der Waals surface area contributed by atoms with E-state index in [-0.39, 0.29) is 37.3 Å². The SMILES string of the molecule is CC(C)(C)OC#CC(CCC(=O)OCCSSc1ccccn1)CC(=O)OCC1c2ccccc2-c2ccccc21. The molecule has 0 amide bonds. The number of ether oxygens (including phenoxy) is 3. The smallest absolute Gasteiger partial charge is 0.307 e. The number of pyridine rings is 1. The van der Waals surface area contributed by atoms with E-state index >= 15 is 0 Å². The van der Waals surface area contributed by atoms with Crippen LogP contribution in [0.1, 0.15) is 57.1 Å². The monoisotopic (exact) mass is 589 g/mol. The maximum Gasteiger partial charge on any atom is 0.307 e. The van der Waals surface area contributed by atoms with Gasteiger partial charge in [0.25, 0.3) is 0 Å². The second kappa shape index (κ2) is 15.0. The third kappa shape index (κ3) is 9.58. The zero-order valence-electron chi connectivity index (χ0n) is 23.6. The zero-order valence-corrected chi connectivity index (χ0v) is 25.3. The van der Waals surface area contributed by atoms with Gasteiger partial charge in [0.15, 0.2) is 0 Å². The van der Waals surface area contributed by atoms with E-state index in [4.69, 9.17) is 14.2 Å². The number of aromatic nitrogens is 1. The molecule has 0 spiro atoms.